The van der Waals surface area contributed by atoms with Gasteiger partial charge in [-0.05, 0) is 25.0 Å². The highest BCUT2D eigenvalue weighted by molar-refractivity contribution is 6.00. The summed E-state index contributed by atoms with van der Waals surface area (Å²) >= 11 is 0. The number of benzene rings is 1. The number of aliphatic hydroxyl groups excluding tert-OH is 1. The molecule has 1 aromatic carbocycles. The number of carboxylic acids is 1. The maximum atomic E-state index is 12.0. The van der Waals surface area contributed by atoms with Crippen LogP contribution in [0.3, 0.4) is 0 Å². The molecule has 0 heterocycles. The largest absolute Gasteiger partial charge is 0.478 e. The number of nitrogens with one attached hydrogen (secondary N) is 2. The van der Waals surface area contributed by atoms with Gasteiger partial charge in [-0.1, -0.05) is 31.4 Å². The van der Waals surface area contributed by atoms with Gasteiger partial charge >= 0.3 is 12.0 Å². The van der Waals surface area contributed by atoms with Gasteiger partial charge in [0.1, 0.15) is 0 Å². The number of aromatic carboxylic acids is 1. The minimum atomic E-state index is -1.10. The smallest absolute Gasteiger partial charge is 0.337 e. The van der Waals surface area contributed by atoms with Crippen molar-refractivity contribution in [2.45, 2.75) is 44.2 Å². The second-order valence-corrected chi connectivity index (χ2v) is 5.26. The molecule has 2 unspecified atom stereocenters. The van der Waals surface area contributed by atoms with Crippen LogP contribution in [0.25, 0.3) is 0 Å². The van der Waals surface area contributed by atoms with E-state index in [1.165, 1.54) is 12.1 Å². The number of hydrogen-bond donors (Lipinski definition) is 4. The first-order valence-corrected chi connectivity index (χ1v) is 7.16. The molecule has 6 heteroatoms. The average Bonchev–Trinajstić information content (AvgIpc) is 2.64. The van der Waals surface area contributed by atoms with E-state index in [0.29, 0.717) is 6.42 Å². The molecular weight excluding hydrogens is 272 g/mol. The topological polar surface area (TPSA) is 98.7 Å². The van der Waals surface area contributed by atoms with Crippen molar-refractivity contribution < 1.29 is 19.8 Å². The zero-order valence-electron chi connectivity index (χ0n) is 11.7. The van der Waals surface area contributed by atoms with Crippen molar-refractivity contribution in [1.29, 1.82) is 0 Å². The standard InChI is InChI=1S/C15H20N2O4/c18-13-9-3-1-2-8-12(13)17-15(21)16-11-7-5-4-6-10(11)14(19)20/h4-7,12-13,18H,1-3,8-9H2,(H,19,20)(H2,16,17,21). The lowest BCUT2D eigenvalue weighted by Crippen LogP contribution is -2.44. The number of aliphatic hydroxyl groups is 1. The highest BCUT2D eigenvalue weighted by Crippen LogP contribution is 2.19. The van der Waals surface area contributed by atoms with Crippen LogP contribution in [0.5, 0.6) is 0 Å². The Kier molecular flexibility index (Phi) is 5.16. The van der Waals surface area contributed by atoms with Crippen LogP contribution >= 0.6 is 0 Å². The molecule has 1 saturated carbocycles. The number of amides is 2. The van der Waals surface area contributed by atoms with E-state index < -0.39 is 18.1 Å². The summed E-state index contributed by atoms with van der Waals surface area (Å²) in [6, 6.07) is 5.44. The van der Waals surface area contributed by atoms with E-state index in [9.17, 15) is 14.7 Å². The van der Waals surface area contributed by atoms with Gasteiger partial charge in [-0.2, -0.15) is 0 Å². The lowest BCUT2D eigenvalue weighted by atomic mass is 10.1. The highest BCUT2D eigenvalue weighted by Gasteiger charge is 2.23. The molecule has 1 fully saturated rings. The summed E-state index contributed by atoms with van der Waals surface area (Å²) in [7, 11) is 0. The van der Waals surface area contributed by atoms with Crippen LogP contribution < -0.4 is 10.6 Å². The number of anilines is 1. The molecule has 0 saturated heterocycles. The maximum Gasteiger partial charge on any atom is 0.337 e. The Morgan fingerprint density at radius 1 is 1.10 bits per heavy atom. The van der Waals surface area contributed by atoms with E-state index in [-0.39, 0.29) is 17.3 Å². The predicted molar refractivity (Wildman–Crippen MR) is 78.4 cm³/mol. The van der Waals surface area contributed by atoms with Crippen molar-refractivity contribution in [3.63, 3.8) is 0 Å². The fraction of sp³-hybridized carbons (Fsp3) is 0.467. The quantitative estimate of drug-likeness (QED) is 0.642. The molecule has 4 N–H and O–H groups in total. The van der Waals surface area contributed by atoms with Crippen molar-refractivity contribution in [2.75, 3.05) is 5.32 Å². The summed E-state index contributed by atoms with van der Waals surface area (Å²) in [6.45, 7) is 0. The normalized spacial score (nSPS) is 22.1. The van der Waals surface area contributed by atoms with Gasteiger partial charge in [0.15, 0.2) is 0 Å². The van der Waals surface area contributed by atoms with Crippen molar-refractivity contribution in [3.05, 3.63) is 29.8 Å². The van der Waals surface area contributed by atoms with Crippen LogP contribution in [0.4, 0.5) is 10.5 Å². The van der Waals surface area contributed by atoms with E-state index in [2.05, 4.69) is 10.6 Å². The molecule has 2 amide bonds. The molecule has 2 rings (SSSR count). The second-order valence-electron chi connectivity index (χ2n) is 5.26. The van der Waals surface area contributed by atoms with Gasteiger partial charge in [-0.3, -0.25) is 0 Å². The van der Waals surface area contributed by atoms with Gasteiger partial charge < -0.3 is 20.8 Å². The minimum Gasteiger partial charge on any atom is -0.478 e. The summed E-state index contributed by atoms with van der Waals surface area (Å²) in [6.07, 6.45) is 3.84. The van der Waals surface area contributed by atoms with Crippen LogP contribution in [0.1, 0.15) is 42.5 Å². The van der Waals surface area contributed by atoms with Gasteiger partial charge in [0.2, 0.25) is 0 Å². The van der Waals surface area contributed by atoms with Crippen LogP contribution in [-0.2, 0) is 0 Å². The first-order chi connectivity index (χ1) is 10.1. The molecule has 1 aromatic rings. The molecular formula is C15H20N2O4. The molecule has 114 valence electrons. The van der Waals surface area contributed by atoms with Gasteiger partial charge in [0, 0.05) is 0 Å². The Balaban J connectivity index is 2.00. The fourth-order valence-electron chi connectivity index (χ4n) is 2.56. The van der Waals surface area contributed by atoms with Gasteiger partial charge in [-0.15, -0.1) is 0 Å². The second kappa shape index (κ2) is 7.08. The molecule has 0 aliphatic heterocycles. The Labute approximate surface area is 123 Å². The third kappa shape index (κ3) is 4.19. The fourth-order valence-corrected chi connectivity index (χ4v) is 2.56. The summed E-state index contributed by atoms with van der Waals surface area (Å²) in [4.78, 5) is 23.1. The number of carboxylic acid groups (broad SMARTS) is 1. The first kappa shape index (κ1) is 15.3. The van der Waals surface area contributed by atoms with E-state index in [1.54, 1.807) is 12.1 Å². The maximum absolute atomic E-state index is 12.0. The van der Waals surface area contributed by atoms with Crippen molar-refractivity contribution in [2.24, 2.45) is 0 Å². The van der Waals surface area contributed by atoms with Gasteiger partial charge in [0.25, 0.3) is 0 Å². The molecule has 1 aliphatic carbocycles. The molecule has 2 atom stereocenters. The Bertz CT molecular complexity index is 518. The summed E-state index contributed by atoms with van der Waals surface area (Å²) < 4.78 is 0. The monoisotopic (exact) mass is 292 g/mol. The van der Waals surface area contributed by atoms with E-state index in [4.69, 9.17) is 5.11 Å². The molecule has 0 bridgehead atoms. The van der Waals surface area contributed by atoms with Crippen LogP contribution in [-0.4, -0.2) is 34.4 Å². The number of hydrogen-bond acceptors (Lipinski definition) is 3. The molecule has 1 aliphatic rings. The molecule has 0 aromatic heterocycles. The molecule has 0 spiro atoms. The molecule has 6 nitrogen and oxygen atoms in total. The van der Waals surface area contributed by atoms with Gasteiger partial charge in [0.05, 0.1) is 23.4 Å². The summed E-state index contributed by atoms with van der Waals surface area (Å²) in [5, 5.41) is 24.3. The van der Waals surface area contributed by atoms with Crippen molar-refractivity contribution in [1.82, 2.24) is 5.32 Å². The molecule has 0 radical (unpaired) electrons. The number of carbonyl (C=O) groups is 2. The molecule has 21 heavy (non-hydrogen) atoms. The third-order valence-electron chi connectivity index (χ3n) is 3.70. The van der Waals surface area contributed by atoms with E-state index in [0.717, 1.165) is 25.7 Å². The van der Waals surface area contributed by atoms with Crippen LogP contribution in [0, 0.1) is 0 Å². The van der Waals surface area contributed by atoms with Gasteiger partial charge in [-0.25, -0.2) is 9.59 Å². The Morgan fingerprint density at radius 2 is 1.81 bits per heavy atom. The highest BCUT2D eigenvalue weighted by atomic mass is 16.4. The summed E-state index contributed by atoms with van der Waals surface area (Å²) in [5.74, 6) is -1.10. The third-order valence-corrected chi connectivity index (χ3v) is 3.70. The SMILES string of the molecule is O=C(Nc1ccccc1C(=O)O)NC1CCCCCC1O. The minimum absolute atomic E-state index is 0.0362. The first-order valence-electron chi connectivity index (χ1n) is 7.16. The number of carbonyl (C=O) groups excluding carboxylic acids is 1. The lowest BCUT2D eigenvalue weighted by molar-refractivity contribution is 0.0698. The van der Waals surface area contributed by atoms with E-state index >= 15 is 0 Å². The van der Waals surface area contributed by atoms with E-state index in [1.807, 2.05) is 0 Å². The predicted octanol–water partition coefficient (Wildman–Crippen LogP) is 2.20. The van der Waals surface area contributed by atoms with Crippen molar-refractivity contribution >= 4 is 17.7 Å². The number of urea groups is 1. The number of para-hydroxylation sites is 1. The Morgan fingerprint density at radius 3 is 2.57 bits per heavy atom. The summed E-state index contributed by atoms with van der Waals surface area (Å²) in [5.41, 5.74) is 0.277. The lowest BCUT2D eigenvalue weighted by Gasteiger charge is -2.22. The van der Waals surface area contributed by atoms with Crippen LogP contribution in [0.2, 0.25) is 0 Å². The Hall–Kier alpha value is -2.08. The zero-order chi connectivity index (χ0) is 15.2. The van der Waals surface area contributed by atoms with Crippen LogP contribution in [0.15, 0.2) is 24.3 Å². The average molecular weight is 292 g/mol. The van der Waals surface area contributed by atoms with Crippen molar-refractivity contribution in [3.8, 4) is 0 Å². The zero-order valence-corrected chi connectivity index (χ0v) is 11.7. The number of rotatable bonds is 3.